The van der Waals surface area contributed by atoms with Gasteiger partial charge in [-0.05, 0) is 43.5 Å². The standard InChI is InChI=1S/C9H9Br.CH5N.ClH/c10-9-5-3-8(4-6-9)7-1-2-7;1-2;/h3-7H,1-2H2;2H2,1H3;1H. The largest absolute Gasteiger partial charge is 0.333 e. The van der Waals surface area contributed by atoms with Crippen molar-refractivity contribution in [1.29, 1.82) is 0 Å². The van der Waals surface area contributed by atoms with Crippen LogP contribution in [-0.2, 0) is 0 Å². The van der Waals surface area contributed by atoms with Gasteiger partial charge in [0, 0.05) is 4.47 Å². The Kier molecular flexibility index (Phi) is 6.39. The average molecular weight is 265 g/mol. The van der Waals surface area contributed by atoms with Crippen molar-refractivity contribution in [2.45, 2.75) is 18.8 Å². The normalized spacial score (nSPS) is 13.8. The summed E-state index contributed by atoms with van der Waals surface area (Å²) in [5, 5.41) is 0. The fraction of sp³-hybridized carbons (Fsp3) is 0.400. The zero-order valence-electron chi connectivity index (χ0n) is 7.66. The summed E-state index contributed by atoms with van der Waals surface area (Å²) in [5.74, 6) is 0.882. The summed E-state index contributed by atoms with van der Waals surface area (Å²) in [7, 11) is 1.50. The van der Waals surface area contributed by atoms with E-state index < -0.39 is 0 Å². The van der Waals surface area contributed by atoms with Gasteiger partial charge in [0.25, 0.3) is 0 Å². The SMILES string of the molecule is Brc1ccc(C2CC2)cc1.CN.Cl. The molecule has 13 heavy (non-hydrogen) atoms. The van der Waals surface area contributed by atoms with Gasteiger partial charge < -0.3 is 5.73 Å². The van der Waals surface area contributed by atoms with Gasteiger partial charge in [0.1, 0.15) is 0 Å². The summed E-state index contributed by atoms with van der Waals surface area (Å²) in [6, 6.07) is 8.66. The van der Waals surface area contributed by atoms with Crippen LogP contribution in [0.5, 0.6) is 0 Å². The lowest BCUT2D eigenvalue weighted by Gasteiger charge is -1.95. The van der Waals surface area contributed by atoms with Crippen LogP contribution in [0.4, 0.5) is 0 Å². The van der Waals surface area contributed by atoms with E-state index in [-0.39, 0.29) is 12.4 Å². The number of benzene rings is 1. The van der Waals surface area contributed by atoms with Gasteiger partial charge in [-0.1, -0.05) is 28.1 Å². The van der Waals surface area contributed by atoms with Crippen LogP contribution in [-0.4, -0.2) is 7.05 Å². The van der Waals surface area contributed by atoms with Crippen molar-refractivity contribution >= 4 is 28.3 Å². The van der Waals surface area contributed by atoms with Crippen molar-refractivity contribution in [3.8, 4) is 0 Å². The molecule has 74 valence electrons. The van der Waals surface area contributed by atoms with Gasteiger partial charge in [0.15, 0.2) is 0 Å². The average Bonchev–Trinajstić information content (AvgIpc) is 2.93. The second-order valence-corrected chi connectivity index (χ2v) is 3.74. The van der Waals surface area contributed by atoms with Crippen LogP contribution < -0.4 is 5.73 Å². The van der Waals surface area contributed by atoms with Crippen LogP contribution in [0, 0.1) is 0 Å². The lowest BCUT2D eigenvalue weighted by Crippen LogP contribution is -1.75. The van der Waals surface area contributed by atoms with Crippen molar-refractivity contribution in [1.82, 2.24) is 0 Å². The molecule has 1 fully saturated rings. The number of nitrogens with two attached hydrogens (primary N) is 1. The molecule has 1 aliphatic rings. The Labute approximate surface area is 94.3 Å². The Morgan fingerprint density at radius 3 is 2.00 bits per heavy atom. The lowest BCUT2D eigenvalue weighted by molar-refractivity contribution is 1.13. The number of halogens is 2. The van der Waals surface area contributed by atoms with Crippen LogP contribution in [0.1, 0.15) is 24.3 Å². The van der Waals surface area contributed by atoms with Crippen LogP contribution in [0.25, 0.3) is 0 Å². The van der Waals surface area contributed by atoms with Gasteiger partial charge in [-0.2, -0.15) is 0 Å². The van der Waals surface area contributed by atoms with E-state index in [1.165, 1.54) is 29.9 Å². The minimum Gasteiger partial charge on any atom is -0.333 e. The monoisotopic (exact) mass is 263 g/mol. The summed E-state index contributed by atoms with van der Waals surface area (Å²) in [4.78, 5) is 0. The lowest BCUT2D eigenvalue weighted by atomic mass is 10.1. The third kappa shape index (κ3) is 4.12. The molecule has 2 rings (SSSR count). The third-order valence-electron chi connectivity index (χ3n) is 1.92. The molecule has 1 aliphatic carbocycles. The highest BCUT2D eigenvalue weighted by molar-refractivity contribution is 9.10. The summed E-state index contributed by atoms with van der Waals surface area (Å²) in [6.07, 6.45) is 2.78. The van der Waals surface area contributed by atoms with Gasteiger partial charge in [-0.25, -0.2) is 0 Å². The molecule has 0 saturated heterocycles. The molecule has 2 N–H and O–H groups in total. The molecule has 0 aromatic heterocycles. The summed E-state index contributed by atoms with van der Waals surface area (Å²) in [6.45, 7) is 0. The van der Waals surface area contributed by atoms with E-state index in [4.69, 9.17) is 0 Å². The molecule has 0 heterocycles. The highest BCUT2D eigenvalue weighted by Crippen LogP contribution is 2.40. The minimum absolute atomic E-state index is 0. The van der Waals surface area contributed by atoms with Crippen molar-refractivity contribution < 1.29 is 0 Å². The quantitative estimate of drug-likeness (QED) is 0.827. The second kappa shape index (κ2) is 6.41. The first-order valence-electron chi connectivity index (χ1n) is 4.19. The summed E-state index contributed by atoms with van der Waals surface area (Å²) in [5.41, 5.74) is 6.00. The number of rotatable bonds is 1. The van der Waals surface area contributed by atoms with Crippen LogP contribution >= 0.6 is 28.3 Å². The second-order valence-electron chi connectivity index (χ2n) is 2.83. The maximum absolute atomic E-state index is 4.50. The molecule has 0 amide bonds. The molecular weight excluding hydrogens is 249 g/mol. The van der Waals surface area contributed by atoms with Crippen molar-refractivity contribution in [2.24, 2.45) is 5.73 Å². The topological polar surface area (TPSA) is 26.0 Å². The van der Waals surface area contributed by atoms with Crippen molar-refractivity contribution in [2.75, 3.05) is 7.05 Å². The smallest absolute Gasteiger partial charge is 0.0175 e. The fourth-order valence-electron chi connectivity index (χ4n) is 1.15. The van der Waals surface area contributed by atoms with E-state index >= 15 is 0 Å². The van der Waals surface area contributed by atoms with Crippen LogP contribution in [0.15, 0.2) is 28.7 Å². The van der Waals surface area contributed by atoms with E-state index in [0.717, 1.165) is 5.92 Å². The first-order valence-corrected chi connectivity index (χ1v) is 4.99. The fourth-order valence-corrected chi connectivity index (χ4v) is 1.42. The Morgan fingerprint density at radius 1 is 1.15 bits per heavy atom. The van der Waals surface area contributed by atoms with E-state index in [1.807, 2.05) is 0 Å². The molecular formula is C10H15BrClN. The Balaban J connectivity index is 0.000000451. The maximum Gasteiger partial charge on any atom is 0.0175 e. The Morgan fingerprint density at radius 2 is 1.62 bits per heavy atom. The van der Waals surface area contributed by atoms with Gasteiger partial charge in [0.05, 0.1) is 0 Å². The summed E-state index contributed by atoms with van der Waals surface area (Å²) >= 11 is 3.41. The molecule has 0 bridgehead atoms. The zero-order chi connectivity index (χ0) is 8.97. The molecule has 0 atom stereocenters. The Hall–Kier alpha value is -0.0500. The molecule has 1 aromatic carbocycles. The summed E-state index contributed by atoms with van der Waals surface area (Å²) < 4.78 is 1.18. The minimum atomic E-state index is 0. The third-order valence-corrected chi connectivity index (χ3v) is 2.45. The Bertz CT molecular complexity index is 231. The van der Waals surface area contributed by atoms with E-state index in [1.54, 1.807) is 0 Å². The van der Waals surface area contributed by atoms with E-state index in [2.05, 4.69) is 45.9 Å². The molecule has 3 heteroatoms. The molecule has 1 saturated carbocycles. The van der Waals surface area contributed by atoms with Gasteiger partial charge in [-0.3, -0.25) is 0 Å². The van der Waals surface area contributed by atoms with E-state index in [0.29, 0.717) is 0 Å². The predicted octanol–water partition coefficient (Wildman–Crippen LogP) is 3.32. The molecule has 0 spiro atoms. The predicted molar refractivity (Wildman–Crippen MR) is 63.5 cm³/mol. The highest BCUT2D eigenvalue weighted by Gasteiger charge is 2.22. The molecule has 0 radical (unpaired) electrons. The van der Waals surface area contributed by atoms with Gasteiger partial charge in [0.2, 0.25) is 0 Å². The zero-order valence-corrected chi connectivity index (χ0v) is 10.1. The molecule has 0 unspecified atom stereocenters. The first-order chi connectivity index (χ1) is 5.86. The van der Waals surface area contributed by atoms with Gasteiger partial charge in [-0.15, -0.1) is 12.4 Å². The van der Waals surface area contributed by atoms with Crippen molar-refractivity contribution in [3.63, 3.8) is 0 Å². The molecule has 1 aromatic rings. The number of hydrogen-bond acceptors (Lipinski definition) is 1. The van der Waals surface area contributed by atoms with Gasteiger partial charge >= 0.3 is 0 Å². The van der Waals surface area contributed by atoms with Crippen LogP contribution in [0.3, 0.4) is 0 Å². The molecule has 1 nitrogen and oxygen atoms in total. The van der Waals surface area contributed by atoms with E-state index in [9.17, 15) is 0 Å². The number of hydrogen-bond donors (Lipinski definition) is 1. The first kappa shape index (κ1) is 12.9. The highest BCUT2D eigenvalue weighted by atomic mass is 79.9. The molecule has 0 aliphatic heterocycles. The van der Waals surface area contributed by atoms with Crippen LogP contribution in [0.2, 0.25) is 0 Å². The van der Waals surface area contributed by atoms with Crippen molar-refractivity contribution in [3.05, 3.63) is 34.3 Å². The maximum atomic E-state index is 4.50.